The van der Waals surface area contributed by atoms with Gasteiger partial charge in [-0.2, -0.15) is 0 Å². The zero-order chi connectivity index (χ0) is 40.9. The van der Waals surface area contributed by atoms with E-state index in [1.54, 1.807) is 0 Å². The van der Waals surface area contributed by atoms with Crippen molar-refractivity contribution in [2.24, 2.45) is 0 Å². The third kappa shape index (κ3) is 4.64. The normalized spacial score (nSPS) is 14.8. The Kier molecular flexibility index (Phi) is 6.93. The molecule has 60 heavy (non-hydrogen) atoms. The minimum atomic E-state index is -0.116. The van der Waals surface area contributed by atoms with E-state index in [1.807, 2.05) is 6.20 Å². The smallest absolute Gasteiger partial charge is 0.145 e. The van der Waals surface area contributed by atoms with Crippen LogP contribution >= 0.6 is 0 Å². The van der Waals surface area contributed by atoms with Gasteiger partial charge in [-0.05, 0) is 94.7 Å². The molecular formula is C54H45N5O. The van der Waals surface area contributed by atoms with Crippen LogP contribution in [0.25, 0.3) is 82.4 Å². The van der Waals surface area contributed by atoms with Crippen molar-refractivity contribution < 1.29 is 4.74 Å². The zero-order valence-electron chi connectivity index (χ0n) is 35.0. The molecule has 0 N–H and O–H groups in total. The number of aromatic nitrogens is 5. The number of imidazole rings is 1. The molecule has 0 amide bonds. The van der Waals surface area contributed by atoms with Crippen LogP contribution in [0.3, 0.4) is 0 Å². The fraction of sp³-hybridized carbons (Fsp3) is 0.185. The highest BCUT2D eigenvalue weighted by Crippen LogP contribution is 2.51. The van der Waals surface area contributed by atoms with Crippen LogP contribution in [-0.4, -0.2) is 23.5 Å². The lowest BCUT2D eigenvalue weighted by Gasteiger charge is -2.45. The molecule has 0 aliphatic carbocycles. The number of ether oxygens (including phenoxy) is 1. The lowest BCUT2D eigenvalue weighted by molar-refractivity contribution is 0.288. The largest absolute Gasteiger partial charge is 0.457 e. The Bertz CT molecular complexity index is 3570. The fourth-order valence-corrected chi connectivity index (χ4v) is 10.2. The Morgan fingerprint density at radius 2 is 1.18 bits per heavy atom. The van der Waals surface area contributed by atoms with E-state index in [0.717, 1.165) is 55.8 Å². The van der Waals surface area contributed by atoms with Crippen molar-refractivity contribution in [2.75, 3.05) is 0 Å². The molecular weight excluding hydrogens is 735 g/mol. The number of hydrogen-bond acceptors (Lipinski definition) is 3. The van der Waals surface area contributed by atoms with E-state index in [-0.39, 0.29) is 16.2 Å². The van der Waals surface area contributed by atoms with Crippen molar-refractivity contribution in [3.8, 4) is 23.0 Å². The molecule has 6 aromatic carbocycles. The van der Waals surface area contributed by atoms with Gasteiger partial charge in [0.25, 0.3) is 0 Å². The molecule has 0 unspecified atom stereocenters. The second-order valence-electron chi connectivity index (χ2n) is 18.8. The maximum absolute atomic E-state index is 6.84. The number of pyridine rings is 2. The number of benzene rings is 6. The molecule has 0 saturated carbocycles. The molecule has 0 atom stereocenters. The third-order valence-electron chi connectivity index (χ3n) is 14.1. The summed E-state index contributed by atoms with van der Waals surface area (Å²) in [7, 11) is 0. The standard InChI is InChI=1S/C54H45N5O/c1-52(2,3)32-25-26-55-49(27-32)58-46-24-19-33(57-44-17-10-8-13-37(44)38-14-9-11-18-45(38)57)28-41(46)39-23-21-35(30-47(39)58)60-34-20-22-36-40-15-12-16-43-50(40)59-48(54(6,7)53(43,4)5)31-56-51(59)42(36)29-34/h8-31H,1-7H3. The average Bonchev–Trinajstić information content (AvgIpc) is 3.94. The highest BCUT2D eigenvalue weighted by molar-refractivity contribution is 6.14. The predicted molar refractivity (Wildman–Crippen MR) is 248 cm³/mol. The van der Waals surface area contributed by atoms with Crippen molar-refractivity contribution >= 4 is 70.9 Å². The first kappa shape index (κ1) is 35.1. The van der Waals surface area contributed by atoms with Gasteiger partial charge in [-0.1, -0.05) is 103 Å². The monoisotopic (exact) mass is 779 g/mol. The summed E-state index contributed by atoms with van der Waals surface area (Å²) in [5.74, 6) is 2.41. The third-order valence-corrected chi connectivity index (χ3v) is 14.1. The molecule has 292 valence electrons. The summed E-state index contributed by atoms with van der Waals surface area (Å²) >= 11 is 0. The Morgan fingerprint density at radius 3 is 1.93 bits per heavy atom. The van der Waals surface area contributed by atoms with Crippen LogP contribution in [0.1, 0.15) is 65.3 Å². The van der Waals surface area contributed by atoms with Crippen LogP contribution < -0.4 is 4.74 Å². The van der Waals surface area contributed by atoms with Gasteiger partial charge in [-0.15, -0.1) is 0 Å². The van der Waals surface area contributed by atoms with Crippen LogP contribution in [-0.2, 0) is 16.2 Å². The summed E-state index contributed by atoms with van der Waals surface area (Å²) in [5.41, 5.74) is 11.4. The number of rotatable bonds is 4. The average molecular weight is 780 g/mol. The van der Waals surface area contributed by atoms with Gasteiger partial charge in [0.1, 0.15) is 23.0 Å². The summed E-state index contributed by atoms with van der Waals surface area (Å²) in [5, 5.41) is 8.28. The van der Waals surface area contributed by atoms with Gasteiger partial charge in [0.15, 0.2) is 0 Å². The predicted octanol–water partition coefficient (Wildman–Crippen LogP) is 13.9. The van der Waals surface area contributed by atoms with Gasteiger partial charge in [0, 0.05) is 73.0 Å². The minimum Gasteiger partial charge on any atom is -0.457 e. The van der Waals surface area contributed by atoms with Crippen LogP contribution in [0.15, 0.2) is 146 Å². The van der Waals surface area contributed by atoms with E-state index in [4.69, 9.17) is 14.7 Å². The highest BCUT2D eigenvalue weighted by atomic mass is 16.5. The minimum absolute atomic E-state index is 0.0387. The maximum atomic E-state index is 6.84. The van der Waals surface area contributed by atoms with Crippen LogP contribution in [0.4, 0.5) is 0 Å². The molecule has 0 saturated heterocycles. The summed E-state index contributed by atoms with van der Waals surface area (Å²) in [4.78, 5) is 10.1. The summed E-state index contributed by atoms with van der Waals surface area (Å²) < 4.78 is 13.9. The molecule has 0 fully saturated rings. The van der Waals surface area contributed by atoms with Gasteiger partial charge in [0.2, 0.25) is 0 Å². The molecule has 6 heterocycles. The molecule has 6 nitrogen and oxygen atoms in total. The first-order valence-electron chi connectivity index (χ1n) is 21.0. The van der Waals surface area contributed by atoms with Gasteiger partial charge in [-0.25, -0.2) is 9.97 Å². The van der Waals surface area contributed by atoms with E-state index >= 15 is 0 Å². The van der Waals surface area contributed by atoms with Crippen molar-refractivity contribution in [3.63, 3.8) is 0 Å². The Morgan fingerprint density at radius 1 is 0.517 bits per heavy atom. The Balaban J connectivity index is 1.05. The van der Waals surface area contributed by atoms with Crippen molar-refractivity contribution in [1.82, 2.24) is 23.5 Å². The van der Waals surface area contributed by atoms with Crippen molar-refractivity contribution in [3.05, 3.63) is 163 Å². The Hall–Kier alpha value is -6.92. The molecule has 1 aliphatic rings. The topological polar surface area (TPSA) is 49.3 Å². The fourth-order valence-electron chi connectivity index (χ4n) is 10.2. The van der Waals surface area contributed by atoms with Crippen molar-refractivity contribution in [1.29, 1.82) is 0 Å². The lowest BCUT2D eigenvalue weighted by atomic mass is 9.61. The van der Waals surface area contributed by atoms with Crippen LogP contribution in [0, 0.1) is 0 Å². The number of nitrogens with zero attached hydrogens (tertiary/aromatic N) is 5. The number of fused-ring (bicyclic) bond motifs is 9. The van der Waals surface area contributed by atoms with Gasteiger partial charge in [-0.3, -0.25) is 8.97 Å². The van der Waals surface area contributed by atoms with Gasteiger partial charge < -0.3 is 9.30 Å². The second kappa shape index (κ2) is 11.9. The molecule has 0 bridgehead atoms. The summed E-state index contributed by atoms with van der Waals surface area (Å²) in [6.45, 7) is 16.2. The molecule has 5 aromatic heterocycles. The molecule has 11 aromatic rings. The van der Waals surface area contributed by atoms with E-state index in [9.17, 15) is 0 Å². The Labute approximate surface area is 348 Å². The lowest BCUT2D eigenvalue weighted by Crippen LogP contribution is -2.44. The van der Waals surface area contributed by atoms with Crippen molar-refractivity contribution in [2.45, 2.75) is 64.7 Å². The molecule has 1 aliphatic heterocycles. The van der Waals surface area contributed by atoms with Gasteiger partial charge in [0.05, 0.1) is 27.6 Å². The second-order valence-corrected chi connectivity index (χ2v) is 18.8. The molecule has 0 radical (unpaired) electrons. The van der Waals surface area contributed by atoms with E-state index in [1.165, 1.54) is 54.9 Å². The van der Waals surface area contributed by atoms with E-state index in [0.29, 0.717) is 0 Å². The molecule has 6 heteroatoms. The number of hydrogen-bond donors (Lipinski definition) is 0. The van der Waals surface area contributed by atoms with Crippen LogP contribution in [0.5, 0.6) is 11.5 Å². The van der Waals surface area contributed by atoms with E-state index < -0.39 is 0 Å². The summed E-state index contributed by atoms with van der Waals surface area (Å²) in [6, 6.07) is 48.2. The maximum Gasteiger partial charge on any atom is 0.145 e. The molecule has 0 spiro atoms. The highest BCUT2D eigenvalue weighted by Gasteiger charge is 2.46. The van der Waals surface area contributed by atoms with Gasteiger partial charge >= 0.3 is 0 Å². The molecule has 12 rings (SSSR count). The number of para-hydroxylation sites is 3. The first-order valence-corrected chi connectivity index (χ1v) is 21.0. The SMILES string of the molecule is CC(C)(C)c1ccnc(-n2c3ccc(-n4c5ccccc5c5ccccc54)cc3c3ccc(Oc4ccc5c(c4)c4ncc6n4c4c(cccc54)C(C)(C)C6(C)C)cc32)c1. The van der Waals surface area contributed by atoms with Crippen LogP contribution in [0.2, 0.25) is 0 Å². The first-order chi connectivity index (χ1) is 28.9. The summed E-state index contributed by atoms with van der Waals surface area (Å²) in [6.07, 6.45) is 4.02. The van der Waals surface area contributed by atoms with E-state index in [2.05, 4.69) is 202 Å². The quantitative estimate of drug-likeness (QED) is 0.167. The zero-order valence-corrected chi connectivity index (χ0v) is 35.0.